The van der Waals surface area contributed by atoms with Gasteiger partial charge in [-0.25, -0.2) is 0 Å². The number of nitrogens with one attached hydrogen (secondary N) is 2. The third-order valence-electron chi connectivity index (χ3n) is 2.64. The quantitative estimate of drug-likeness (QED) is 0.814. The van der Waals surface area contributed by atoms with E-state index in [2.05, 4.69) is 17.6 Å². The van der Waals surface area contributed by atoms with Crippen molar-refractivity contribution in [1.29, 1.82) is 0 Å². The second kappa shape index (κ2) is 7.74. The van der Waals surface area contributed by atoms with Gasteiger partial charge in [-0.2, -0.15) is 0 Å². The highest BCUT2D eigenvalue weighted by molar-refractivity contribution is 7.80. The molecule has 0 bridgehead atoms. The van der Waals surface area contributed by atoms with Gasteiger partial charge in [0.15, 0.2) is 5.11 Å². The molecule has 1 aromatic carbocycles. The van der Waals surface area contributed by atoms with Gasteiger partial charge in [-0.05, 0) is 56.8 Å². The summed E-state index contributed by atoms with van der Waals surface area (Å²) >= 11 is 5.07. The number of amides is 1. The molecular weight excluding hydrogens is 260 g/mol. The SMILES string of the molecule is CCOc1ccc(C(=O)NC(=S)NC(C)CC)cc1. The second-order valence-electron chi connectivity index (χ2n) is 4.19. The van der Waals surface area contributed by atoms with Gasteiger partial charge >= 0.3 is 0 Å². The zero-order valence-electron chi connectivity index (χ0n) is 11.5. The fourth-order valence-electron chi connectivity index (χ4n) is 1.41. The Hall–Kier alpha value is -1.62. The number of benzene rings is 1. The van der Waals surface area contributed by atoms with Crippen molar-refractivity contribution in [3.05, 3.63) is 29.8 Å². The lowest BCUT2D eigenvalue weighted by Crippen LogP contribution is -2.43. The van der Waals surface area contributed by atoms with Gasteiger partial charge in [0.2, 0.25) is 0 Å². The van der Waals surface area contributed by atoms with E-state index >= 15 is 0 Å². The van der Waals surface area contributed by atoms with E-state index in [0.29, 0.717) is 17.3 Å². The summed E-state index contributed by atoms with van der Waals surface area (Å²) in [6, 6.07) is 7.21. The van der Waals surface area contributed by atoms with Crippen molar-refractivity contribution in [2.24, 2.45) is 0 Å². The Morgan fingerprint density at radius 3 is 2.47 bits per heavy atom. The molecule has 1 aromatic rings. The third kappa shape index (κ3) is 5.26. The van der Waals surface area contributed by atoms with Crippen LogP contribution in [0.4, 0.5) is 0 Å². The molecule has 0 radical (unpaired) electrons. The van der Waals surface area contributed by atoms with Gasteiger partial charge in [-0.15, -0.1) is 0 Å². The maximum atomic E-state index is 11.9. The topological polar surface area (TPSA) is 50.4 Å². The average molecular weight is 280 g/mol. The van der Waals surface area contributed by atoms with Crippen LogP contribution in [0.1, 0.15) is 37.6 Å². The number of carbonyl (C=O) groups excluding carboxylic acids is 1. The molecule has 0 saturated carbocycles. The first-order valence-electron chi connectivity index (χ1n) is 6.41. The largest absolute Gasteiger partial charge is 0.494 e. The summed E-state index contributed by atoms with van der Waals surface area (Å²) in [6.45, 7) is 6.58. The van der Waals surface area contributed by atoms with Crippen molar-refractivity contribution in [3.8, 4) is 5.75 Å². The molecule has 2 N–H and O–H groups in total. The Morgan fingerprint density at radius 1 is 1.32 bits per heavy atom. The first kappa shape index (κ1) is 15.4. The highest BCUT2D eigenvalue weighted by atomic mass is 32.1. The molecule has 0 aliphatic heterocycles. The maximum Gasteiger partial charge on any atom is 0.257 e. The standard InChI is InChI=1S/C14H20N2O2S/c1-4-10(3)15-14(19)16-13(17)11-6-8-12(9-7-11)18-5-2/h6-10H,4-5H2,1-3H3,(H2,15,16,17,19). The molecule has 0 fully saturated rings. The van der Waals surface area contributed by atoms with E-state index in [1.807, 2.05) is 13.8 Å². The molecule has 0 spiro atoms. The molecule has 5 heteroatoms. The highest BCUT2D eigenvalue weighted by Gasteiger charge is 2.09. The minimum atomic E-state index is -0.219. The van der Waals surface area contributed by atoms with E-state index in [1.54, 1.807) is 24.3 Å². The highest BCUT2D eigenvalue weighted by Crippen LogP contribution is 2.11. The second-order valence-corrected chi connectivity index (χ2v) is 4.60. The van der Waals surface area contributed by atoms with E-state index in [0.717, 1.165) is 12.2 Å². The van der Waals surface area contributed by atoms with Crippen molar-refractivity contribution >= 4 is 23.2 Å². The lowest BCUT2D eigenvalue weighted by molar-refractivity contribution is 0.0976. The van der Waals surface area contributed by atoms with Crippen LogP contribution in [-0.2, 0) is 0 Å². The summed E-state index contributed by atoms with van der Waals surface area (Å²) in [4.78, 5) is 11.9. The Balaban J connectivity index is 2.55. The lowest BCUT2D eigenvalue weighted by Gasteiger charge is -2.14. The van der Waals surface area contributed by atoms with Gasteiger partial charge in [0.05, 0.1) is 6.61 Å². The van der Waals surface area contributed by atoms with Crippen LogP contribution in [0.25, 0.3) is 0 Å². The minimum absolute atomic E-state index is 0.219. The van der Waals surface area contributed by atoms with Crippen molar-refractivity contribution in [3.63, 3.8) is 0 Å². The number of carbonyl (C=O) groups is 1. The van der Waals surface area contributed by atoms with Crippen LogP contribution in [0.5, 0.6) is 5.75 Å². The van der Waals surface area contributed by atoms with E-state index in [-0.39, 0.29) is 11.9 Å². The van der Waals surface area contributed by atoms with Crippen LogP contribution in [0, 0.1) is 0 Å². The smallest absolute Gasteiger partial charge is 0.257 e. The molecule has 0 aromatic heterocycles. The van der Waals surface area contributed by atoms with Gasteiger partial charge in [-0.3, -0.25) is 10.1 Å². The number of thiocarbonyl (C=S) groups is 1. The van der Waals surface area contributed by atoms with Gasteiger partial charge in [0.25, 0.3) is 5.91 Å². The van der Waals surface area contributed by atoms with Crippen molar-refractivity contribution in [1.82, 2.24) is 10.6 Å². The summed E-state index contributed by atoms with van der Waals surface area (Å²) < 4.78 is 5.32. The fraction of sp³-hybridized carbons (Fsp3) is 0.429. The maximum absolute atomic E-state index is 11.9. The predicted octanol–water partition coefficient (Wildman–Crippen LogP) is 2.49. The molecule has 1 amide bonds. The minimum Gasteiger partial charge on any atom is -0.494 e. The van der Waals surface area contributed by atoms with Crippen molar-refractivity contribution in [2.45, 2.75) is 33.2 Å². The molecule has 0 saturated heterocycles. The molecule has 0 aliphatic carbocycles. The molecule has 4 nitrogen and oxygen atoms in total. The normalized spacial score (nSPS) is 11.5. The molecule has 1 atom stereocenters. The van der Waals surface area contributed by atoms with Crippen molar-refractivity contribution < 1.29 is 9.53 Å². The van der Waals surface area contributed by atoms with Gasteiger partial charge in [-0.1, -0.05) is 6.92 Å². The molecule has 0 aliphatic rings. The molecule has 104 valence electrons. The Kier molecular flexibility index (Phi) is 6.29. The molecule has 0 heterocycles. The van der Waals surface area contributed by atoms with E-state index in [4.69, 9.17) is 17.0 Å². The zero-order valence-corrected chi connectivity index (χ0v) is 12.3. The zero-order chi connectivity index (χ0) is 14.3. The van der Waals surface area contributed by atoms with Gasteiger partial charge in [0, 0.05) is 11.6 Å². The molecule has 1 unspecified atom stereocenters. The number of ether oxygens (including phenoxy) is 1. The number of rotatable bonds is 5. The van der Waals surface area contributed by atoms with Crippen LogP contribution in [0.3, 0.4) is 0 Å². The summed E-state index contributed by atoms with van der Waals surface area (Å²) in [7, 11) is 0. The summed E-state index contributed by atoms with van der Waals surface area (Å²) in [5.74, 6) is 0.531. The van der Waals surface area contributed by atoms with Crippen LogP contribution in [-0.4, -0.2) is 23.7 Å². The molecule has 19 heavy (non-hydrogen) atoms. The van der Waals surface area contributed by atoms with Gasteiger partial charge < -0.3 is 10.1 Å². The number of hydrogen-bond donors (Lipinski definition) is 2. The average Bonchev–Trinajstić information content (AvgIpc) is 2.39. The monoisotopic (exact) mass is 280 g/mol. The van der Waals surface area contributed by atoms with Crippen LogP contribution in [0.15, 0.2) is 24.3 Å². The Labute approximate surface area is 119 Å². The van der Waals surface area contributed by atoms with E-state index in [1.165, 1.54) is 0 Å². The van der Waals surface area contributed by atoms with E-state index < -0.39 is 0 Å². The van der Waals surface area contributed by atoms with Crippen molar-refractivity contribution in [2.75, 3.05) is 6.61 Å². The molecular formula is C14H20N2O2S. The van der Waals surface area contributed by atoms with Crippen LogP contribution in [0.2, 0.25) is 0 Å². The summed E-state index contributed by atoms with van der Waals surface area (Å²) in [5, 5.41) is 6.05. The fourth-order valence-corrected chi connectivity index (χ4v) is 1.70. The van der Waals surface area contributed by atoms with Crippen LogP contribution >= 0.6 is 12.2 Å². The first-order valence-corrected chi connectivity index (χ1v) is 6.82. The predicted molar refractivity (Wildman–Crippen MR) is 80.6 cm³/mol. The number of hydrogen-bond acceptors (Lipinski definition) is 3. The Morgan fingerprint density at radius 2 is 1.95 bits per heavy atom. The summed E-state index contributed by atoms with van der Waals surface area (Å²) in [5.41, 5.74) is 0.553. The molecule has 1 rings (SSSR count). The summed E-state index contributed by atoms with van der Waals surface area (Å²) in [6.07, 6.45) is 0.944. The van der Waals surface area contributed by atoms with Crippen LogP contribution < -0.4 is 15.4 Å². The Bertz CT molecular complexity index is 432. The first-order chi connectivity index (χ1) is 9.06. The lowest BCUT2D eigenvalue weighted by atomic mass is 10.2. The third-order valence-corrected chi connectivity index (χ3v) is 2.86. The van der Waals surface area contributed by atoms with E-state index in [9.17, 15) is 4.79 Å². The van der Waals surface area contributed by atoms with Gasteiger partial charge in [0.1, 0.15) is 5.75 Å².